The SMILES string of the molecule is CCCOc1ccc(CN2C(=O)NC(=O)/C(=C/c3cccc(OCc4ccc([N+](=O)[O-])cc4)c3)C2=O)cc1OC. The number of hydrogen-bond donors (Lipinski definition) is 1. The van der Waals surface area contributed by atoms with Crippen LogP contribution in [-0.4, -0.2) is 41.4 Å². The third-order valence-electron chi connectivity index (χ3n) is 5.94. The predicted molar refractivity (Wildman–Crippen MR) is 145 cm³/mol. The van der Waals surface area contributed by atoms with Crippen LogP contribution in [0.2, 0.25) is 0 Å². The van der Waals surface area contributed by atoms with E-state index in [4.69, 9.17) is 14.2 Å². The van der Waals surface area contributed by atoms with Crippen molar-refractivity contribution in [2.75, 3.05) is 13.7 Å². The molecule has 0 spiro atoms. The summed E-state index contributed by atoms with van der Waals surface area (Å²) in [6.07, 6.45) is 2.21. The van der Waals surface area contributed by atoms with Crippen LogP contribution in [0.1, 0.15) is 30.0 Å². The number of nitrogens with zero attached hydrogens (tertiary/aromatic N) is 2. The number of nitro benzene ring substituents is 1. The summed E-state index contributed by atoms with van der Waals surface area (Å²) in [5.74, 6) is -0.0653. The standard InChI is InChI=1S/C29H27N3O8/c1-3-13-39-25-12-9-21(16-26(25)38-2)17-31-28(34)24(27(33)30-29(31)35)15-20-5-4-6-23(14-20)40-18-19-7-10-22(11-8-19)32(36)37/h4-12,14-16H,3,13,17-18H2,1-2H3,(H,30,33,35)/b24-15-. The smallest absolute Gasteiger partial charge is 0.331 e. The van der Waals surface area contributed by atoms with Crippen LogP contribution >= 0.6 is 0 Å². The number of carbonyl (C=O) groups is 3. The molecule has 4 rings (SSSR count). The molecular weight excluding hydrogens is 518 g/mol. The van der Waals surface area contributed by atoms with Crippen molar-refractivity contribution >= 4 is 29.6 Å². The van der Waals surface area contributed by atoms with Gasteiger partial charge in [0.2, 0.25) is 0 Å². The molecule has 0 saturated carbocycles. The summed E-state index contributed by atoms with van der Waals surface area (Å²) in [6, 6.07) is 17.0. The highest BCUT2D eigenvalue weighted by molar-refractivity contribution is 6.30. The monoisotopic (exact) mass is 545 g/mol. The fraction of sp³-hybridized carbons (Fsp3) is 0.207. The largest absolute Gasteiger partial charge is 0.493 e. The Labute approximate surface area is 230 Å². The highest BCUT2D eigenvalue weighted by atomic mass is 16.6. The molecule has 0 bridgehead atoms. The average molecular weight is 546 g/mol. The Morgan fingerprint density at radius 2 is 1.70 bits per heavy atom. The number of barbiturate groups is 1. The number of non-ortho nitro benzene ring substituents is 1. The van der Waals surface area contributed by atoms with Gasteiger partial charge >= 0.3 is 6.03 Å². The molecule has 40 heavy (non-hydrogen) atoms. The maximum absolute atomic E-state index is 13.2. The van der Waals surface area contributed by atoms with Gasteiger partial charge in [0.05, 0.1) is 25.2 Å². The summed E-state index contributed by atoms with van der Waals surface area (Å²) in [6.45, 7) is 2.57. The second-order valence-electron chi connectivity index (χ2n) is 8.83. The lowest BCUT2D eigenvalue weighted by atomic mass is 10.1. The predicted octanol–water partition coefficient (Wildman–Crippen LogP) is 4.63. The number of carbonyl (C=O) groups excluding carboxylic acids is 3. The highest BCUT2D eigenvalue weighted by Crippen LogP contribution is 2.29. The second kappa shape index (κ2) is 12.6. The van der Waals surface area contributed by atoms with Crippen molar-refractivity contribution in [2.45, 2.75) is 26.5 Å². The number of ether oxygens (including phenoxy) is 3. The lowest BCUT2D eigenvalue weighted by molar-refractivity contribution is -0.384. The third-order valence-corrected chi connectivity index (χ3v) is 5.94. The summed E-state index contributed by atoms with van der Waals surface area (Å²) in [5.41, 5.74) is 1.62. The van der Waals surface area contributed by atoms with Crippen LogP contribution in [0.4, 0.5) is 10.5 Å². The zero-order valence-corrected chi connectivity index (χ0v) is 21.9. The van der Waals surface area contributed by atoms with E-state index < -0.39 is 22.8 Å². The van der Waals surface area contributed by atoms with Crippen LogP contribution < -0.4 is 19.5 Å². The first kappa shape index (κ1) is 27.8. The fourth-order valence-corrected chi connectivity index (χ4v) is 3.90. The molecule has 1 heterocycles. The number of rotatable bonds is 11. The zero-order valence-electron chi connectivity index (χ0n) is 21.9. The lowest BCUT2D eigenvalue weighted by Crippen LogP contribution is -2.53. The summed E-state index contributed by atoms with van der Waals surface area (Å²) < 4.78 is 16.8. The first-order valence-corrected chi connectivity index (χ1v) is 12.4. The molecule has 0 atom stereocenters. The number of methoxy groups -OCH3 is 1. The normalized spacial score (nSPS) is 14.2. The molecule has 1 aliphatic rings. The van der Waals surface area contributed by atoms with Crippen LogP contribution in [0.5, 0.6) is 17.2 Å². The van der Waals surface area contributed by atoms with E-state index in [1.165, 1.54) is 25.3 Å². The third kappa shape index (κ3) is 6.62. The molecule has 11 heteroatoms. The summed E-state index contributed by atoms with van der Waals surface area (Å²) in [4.78, 5) is 49.6. The van der Waals surface area contributed by atoms with Gasteiger partial charge in [0.15, 0.2) is 11.5 Å². The van der Waals surface area contributed by atoms with Gasteiger partial charge in [0, 0.05) is 12.1 Å². The fourth-order valence-electron chi connectivity index (χ4n) is 3.90. The van der Waals surface area contributed by atoms with Gasteiger partial charge in [-0.2, -0.15) is 0 Å². The minimum atomic E-state index is -0.822. The quantitative estimate of drug-likeness (QED) is 0.159. The van der Waals surface area contributed by atoms with Gasteiger partial charge in [0.1, 0.15) is 17.9 Å². The van der Waals surface area contributed by atoms with E-state index in [9.17, 15) is 24.5 Å². The highest BCUT2D eigenvalue weighted by Gasteiger charge is 2.35. The average Bonchev–Trinajstić information content (AvgIpc) is 2.96. The van der Waals surface area contributed by atoms with Crippen LogP contribution in [0, 0.1) is 10.1 Å². The summed E-state index contributed by atoms with van der Waals surface area (Å²) in [5, 5.41) is 13.0. The molecular formula is C29H27N3O8. The van der Waals surface area contributed by atoms with Crippen molar-refractivity contribution < 1.29 is 33.5 Å². The Kier molecular flexibility index (Phi) is 8.75. The number of benzene rings is 3. The number of hydrogen-bond acceptors (Lipinski definition) is 8. The van der Waals surface area contributed by atoms with Gasteiger partial charge < -0.3 is 14.2 Å². The van der Waals surface area contributed by atoms with Crippen LogP contribution in [-0.2, 0) is 22.7 Å². The van der Waals surface area contributed by atoms with Gasteiger partial charge in [-0.05, 0) is 65.6 Å². The number of nitrogens with one attached hydrogen (secondary N) is 1. The molecule has 206 valence electrons. The Balaban J connectivity index is 1.49. The van der Waals surface area contributed by atoms with Crippen molar-refractivity contribution in [2.24, 2.45) is 0 Å². The van der Waals surface area contributed by atoms with Crippen LogP contribution in [0.15, 0.2) is 72.3 Å². The molecule has 4 amide bonds. The molecule has 1 saturated heterocycles. The molecule has 3 aromatic rings. The Morgan fingerprint density at radius 3 is 2.40 bits per heavy atom. The molecule has 0 aliphatic carbocycles. The maximum atomic E-state index is 13.2. The zero-order chi connectivity index (χ0) is 28.6. The molecule has 1 fully saturated rings. The van der Waals surface area contributed by atoms with Crippen molar-refractivity contribution in [1.29, 1.82) is 0 Å². The summed E-state index contributed by atoms with van der Waals surface area (Å²) in [7, 11) is 1.50. The van der Waals surface area contributed by atoms with E-state index in [1.54, 1.807) is 54.6 Å². The van der Waals surface area contributed by atoms with Crippen LogP contribution in [0.25, 0.3) is 6.08 Å². The minimum absolute atomic E-state index is 0.0162. The van der Waals surface area contributed by atoms with Crippen molar-refractivity contribution in [3.63, 3.8) is 0 Å². The van der Waals surface area contributed by atoms with Gasteiger partial charge in [-0.25, -0.2) is 4.79 Å². The molecule has 3 aromatic carbocycles. The van der Waals surface area contributed by atoms with Crippen molar-refractivity contribution in [1.82, 2.24) is 10.2 Å². The van der Waals surface area contributed by atoms with E-state index in [1.807, 2.05) is 6.92 Å². The van der Waals surface area contributed by atoms with Crippen molar-refractivity contribution in [3.05, 3.63) is 99.1 Å². The lowest BCUT2D eigenvalue weighted by Gasteiger charge is -2.26. The van der Waals surface area contributed by atoms with E-state index in [0.717, 1.165) is 16.9 Å². The molecule has 1 aliphatic heterocycles. The molecule has 0 aromatic heterocycles. The van der Waals surface area contributed by atoms with Gasteiger partial charge in [-0.1, -0.05) is 25.1 Å². The summed E-state index contributed by atoms with van der Waals surface area (Å²) >= 11 is 0. The van der Waals surface area contributed by atoms with Crippen molar-refractivity contribution in [3.8, 4) is 17.2 Å². The van der Waals surface area contributed by atoms with Gasteiger partial charge in [-0.15, -0.1) is 0 Å². The van der Waals surface area contributed by atoms with E-state index in [0.29, 0.717) is 35.0 Å². The van der Waals surface area contributed by atoms with E-state index in [2.05, 4.69) is 5.32 Å². The maximum Gasteiger partial charge on any atom is 0.331 e. The minimum Gasteiger partial charge on any atom is -0.493 e. The van der Waals surface area contributed by atoms with Gasteiger partial charge in [0.25, 0.3) is 17.5 Å². The number of imide groups is 2. The Bertz CT molecular complexity index is 1470. The number of urea groups is 1. The molecule has 11 nitrogen and oxygen atoms in total. The second-order valence-corrected chi connectivity index (χ2v) is 8.83. The molecule has 1 N–H and O–H groups in total. The molecule has 0 radical (unpaired) electrons. The first-order valence-electron chi connectivity index (χ1n) is 12.4. The molecule has 0 unspecified atom stereocenters. The Morgan fingerprint density at radius 1 is 0.950 bits per heavy atom. The van der Waals surface area contributed by atoms with Gasteiger partial charge in [-0.3, -0.25) is 29.9 Å². The number of nitro groups is 1. The van der Waals surface area contributed by atoms with Crippen LogP contribution in [0.3, 0.4) is 0 Å². The number of amides is 4. The first-order chi connectivity index (χ1) is 19.3. The van der Waals surface area contributed by atoms with E-state index >= 15 is 0 Å². The van der Waals surface area contributed by atoms with E-state index in [-0.39, 0.29) is 24.4 Å². The topological polar surface area (TPSA) is 137 Å². The Hall–Kier alpha value is -5.19.